The Morgan fingerprint density at radius 1 is 1.35 bits per heavy atom. The maximum Gasteiger partial charge on any atom is 0.317 e. The molecular weight excluding hydrogens is 344 g/mol. The normalized spacial score (nSPS) is 18.0. The minimum absolute atomic E-state index is 0.0862. The van der Waals surface area contributed by atoms with E-state index in [1.54, 1.807) is 29.1 Å². The van der Waals surface area contributed by atoms with Crippen LogP contribution in [0.15, 0.2) is 36.5 Å². The molecule has 0 bridgehead atoms. The van der Waals surface area contributed by atoms with Crippen LogP contribution in [0.1, 0.15) is 30.1 Å². The summed E-state index contributed by atoms with van der Waals surface area (Å²) >= 11 is 0. The zero-order chi connectivity index (χ0) is 18.6. The molecule has 0 spiro atoms. The van der Waals surface area contributed by atoms with Crippen LogP contribution in [-0.4, -0.2) is 50.7 Å². The van der Waals surface area contributed by atoms with Gasteiger partial charge in [-0.1, -0.05) is 35.5 Å². The Hall–Kier alpha value is -2.55. The topological polar surface area (TPSA) is 83.3 Å². The summed E-state index contributed by atoms with van der Waals surface area (Å²) in [4.78, 5) is 13.8. The second-order valence-corrected chi connectivity index (χ2v) is 6.32. The molecule has 26 heavy (non-hydrogen) atoms. The third kappa shape index (κ3) is 4.16. The molecule has 2 heterocycles. The molecule has 1 aromatic heterocycles. The molecule has 0 aliphatic carbocycles. The van der Waals surface area contributed by atoms with Gasteiger partial charge in [0.1, 0.15) is 5.69 Å². The van der Waals surface area contributed by atoms with Gasteiger partial charge >= 0.3 is 6.03 Å². The number of amides is 2. The smallest absolute Gasteiger partial charge is 0.317 e. The van der Waals surface area contributed by atoms with E-state index in [4.69, 9.17) is 5.11 Å². The number of halogens is 2. The minimum Gasteiger partial charge on any atom is -0.390 e. The molecule has 2 N–H and O–H groups in total. The standard InChI is InChI=1S/C17H21F2N5O2/c18-17(19,13-5-2-1-3-6-13)12-20-16(26)23-8-4-7-15(10-23)24-9-14(11-25)21-22-24/h1-3,5-6,9,15,25H,4,7-8,10-12H2,(H,20,26). The zero-order valence-corrected chi connectivity index (χ0v) is 14.2. The van der Waals surface area contributed by atoms with Gasteiger partial charge in [-0.2, -0.15) is 8.78 Å². The number of aliphatic hydroxyl groups is 1. The number of aromatic nitrogens is 3. The first-order valence-corrected chi connectivity index (χ1v) is 8.47. The van der Waals surface area contributed by atoms with Gasteiger partial charge < -0.3 is 15.3 Å². The van der Waals surface area contributed by atoms with Gasteiger partial charge in [0.25, 0.3) is 5.92 Å². The monoisotopic (exact) mass is 365 g/mol. The number of hydrogen-bond donors (Lipinski definition) is 2. The number of benzene rings is 1. The van der Waals surface area contributed by atoms with Crippen molar-refractivity contribution in [3.63, 3.8) is 0 Å². The highest BCUT2D eigenvalue weighted by atomic mass is 19.3. The number of urea groups is 1. The number of rotatable bonds is 5. The Morgan fingerprint density at radius 3 is 2.81 bits per heavy atom. The van der Waals surface area contributed by atoms with Crippen molar-refractivity contribution in [2.24, 2.45) is 0 Å². The summed E-state index contributed by atoms with van der Waals surface area (Å²) in [6.07, 6.45) is 3.18. The fourth-order valence-corrected chi connectivity index (χ4v) is 3.00. The third-order valence-electron chi connectivity index (χ3n) is 4.44. The Morgan fingerprint density at radius 2 is 2.12 bits per heavy atom. The summed E-state index contributed by atoms with van der Waals surface area (Å²) in [6.45, 7) is -0.0990. The minimum atomic E-state index is -3.13. The molecule has 2 amide bonds. The Bertz CT molecular complexity index is 738. The molecule has 1 aliphatic heterocycles. The van der Waals surface area contributed by atoms with E-state index in [-0.39, 0.29) is 18.2 Å². The maximum atomic E-state index is 14.2. The van der Waals surface area contributed by atoms with Crippen molar-refractivity contribution >= 4 is 6.03 Å². The second-order valence-electron chi connectivity index (χ2n) is 6.32. The first kappa shape index (κ1) is 18.2. The summed E-state index contributed by atoms with van der Waals surface area (Å²) in [6, 6.07) is 6.82. The van der Waals surface area contributed by atoms with E-state index < -0.39 is 18.5 Å². The lowest BCUT2D eigenvalue weighted by molar-refractivity contribution is -0.00195. The van der Waals surface area contributed by atoms with Crippen LogP contribution in [0.3, 0.4) is 0 Å². The average molecular weight is 365 g/mol. The van der Waals surface area contributed by atoms with Crippen LogP contribution in [0, 0.1) is 0 Å². The molecule has 2 aromatic rings. The van der Waals surface area contributed by atoms with Crippen molar-refractivity contribution in [1.82, 2.24) is 25.2 Å². The highest BCUT2D eigenvalue weighted by molar-refractivity contribution is 5.74. The fourth-order valence-electron chi connectivity index (χ4n) is 3.00. The lowest BCUT2D eigenvalue weighted by Gasteiger charge is -2.33. The molecule has 1 aromatic carbocycles. The number of alkyl halides is 2. The second kappa shape index (κ2) is 7.77. The molecule has 0 saturated carbocycles. The number of likely N-dealkylation sites (tertiary alicyclic amines) is 1. The summed E-state index contributed by atoms with van der Waals surface area (Å²) in [5.41, 5.74) is 0.324. The molecule has 140 valence electrons. The summed E-state index contributed by atoms with van der Waals surface area (Å²) in [5, 5.41) is 19.2. The van der Waals surface area contributed by atoms with E-state index >= 15 is 0 Å². The Kier molecular flexibility index (Phi) is 5.46. The number of piperidine rings is 1. The van der Waals surface area contributed by atoms with Crippen LogP contribution in [0.5, 0.6) is 0 Å². The number of nitrogens with zero attached hydrogens (tertiary/aromatic N) is 4. The van der Waals surface area contributed by atoms with Crippen molar-refractivity contribution in [2.45, 2.75) is 31.4 Å². The van der Waals surface area contributed by atoms with Crippen molar-refractivity contribution in [3.05, 3.63) is 47.8 Å². The molecule has 3 rings (SSSR count). The van der Waals surface area contributed by atoms with Gasteiger partial charge in [0.2, 0.25) is 0 Å². The fraction of sp³-hybridized carbons (Fsp3) is 0.471. The first-order chi connectivity index (χ1) is 12.5. The van der Waals surface area contributed by atoms with E-state index in [9.17, 15) is 13.6 Å². The van der Waals surface area contributed by atoms with Gasteiger partial charge in [0, 0.05) is 18.7 Å². The molecule has 0 radical (unpaired) electrons. The molecule has 9 heteroatoms. The van der Waals surface area contributed by atoms with Gasteiger partial charge in [0.05, 0.1) is 25.4 Å². The number of carbonyl (C=O) groups is 1. The maximum absolute atomic E-state index is 14.2. The Balaban J connectivity index is 1.57. The summed E-state index contributed by atoms with van der Waals surface area (Å²) in [7, 11) is 0. The van der Waals surface area contributed by atoms with Crippen molar-refractivity contribution in [1.29, 1.82) is 0 Å². The van der Waals surface area contributed by atoms with E-state index in [1.807, 2.05) is 0 Å². The number of nitrogens with one attached hydrogen (secondary N) is 1. The first-order valence-electron chi connectivity index (χ1n) is 8.47. The van der Waals surface area contributed by atoms with E-state index in [2.05, 4.69) is 15.6 Å². The number of aliphatic hydroxyl groups excluding tert-OH is 1. The number of hydrogen-bond acceptors (Lipinski definition) is 4. The van der Waals surface area contributed by atoms with Crippen LogP contribution < -0.4 is 5.32 Å². The highest BCUT2D eigenvalue weighted by Gasteiger charge is 2.33. The predicted octanol–water partition coefficient (Wildman–Crippen LogP) is 1.91. The highest BCUT2D eigenvalue weighted by Crippen LogP contribution is 2.27. The van der Waals surface area contributed by atoms with Crippen LogP contribution in [-0.2, 0) is 12.5 Å². The van der Waals surface area contributed by atoms with Gasteiger partial charge in [0.15, 0.2) is 0 Å². The number of carbonyl (C=O) groups excluding carboxylic acids is 1. The predicted molar refractivity (Wildman–Crippen MR) is 89.5 cm³/mol. The molecule has 7 nitrogen and oxygen atoms in total. The summed E-state index contributed by atoms with van der Waals surface area (Å²) in [5.74, 6) is -3.13. The van der Waals surface area contributed by atoms with E-state index in [1.165, 1.54) is 17.0 Å². The zero-order valence-electron chi connectivity index (χ0n) is 14.2. The Labute approximate surface area is 149 Å². The molecule has 1 aliphatic rings. The molecule has 1 saturated heterocycles. The third-order valence-corrected chi connectivity index (χ3v) is 4.44. The van der Waals surface area contributed by atoms with Crippen molar-refractivity contribution in [3.8, 4) is 0 Å². The van der Waals surface area contributed by atoms with Crippen molar-refractivity contribution < 1.29 is 18.7 Å². The quantitative estimate of drug-likeness (QED) is 0.848. The lowest BCUT2D eigenvalue weighted by Crippen LogP contribution is -2.48. The SMILES string of the molecule is O=C(NCC(F)(F)c1ccccc1)N1CCCC(n2cc(CO)nn2)C1. The van der Waals surface area contributed by atoms with E-state index in [0.717, 1.165) is 12.8 Å². The van der Waals surface area contributed by atoms with Crippen molar-refractivity contribution in [2.75, 3.05) is 19.6 Å². The van der Waals surface area contributed by atoms with Gasteiger partial charge in [-0.25, -0.2) is 9.48 Å². The molecule has 1 unspecified atom stereocenters. The van der Waals surface area contributed by atoms with Crippen LogP contribution >= 0.6 is 0 Å². The molecular formula is C17H21F2N5O2. The van der Waals surface area contributed by atoms with Crippen LogP contribution in [0.25, 0.3) is 0 Å². The lowest BCUT2D eigenvalue weighted by atomic mass is 10.1. The largest absolute Gasteiger partial charge is 0.390 e. The van der Waals surface area contributed by atoms with Crippen LogP contribution in [0.2, 0.25) is 0 Å². The van der Waals surface area contributed by atoms with Gasteiger partial charge in [-0.15, -0.1) is 5.10 Å². The van der Waals surface area contributed by atoms with Gasteiger partial charge in [-0.3, -0.25) is 0 Å². The average Bonchev–Trinajstić information content (AvgIpc) is 3.16. The summed E-state index contributed by atoms with van der Waals surface area (Å²) < 4.78 is 30.0. The van der Waals surface area contributed by atoms with E-state index in [0.29, 0.717) is 18.8 Å². The van der Waals surface area contributed by atoms with Crippen LogP contribution in [0.4, 0.5) is 13.6 Å². The molecule has 1 fully saturated rings. The van der Waals surface area contributed by atoms with Gasteiger partial charge in [-0.05, 0) is 12.8 Å². The molecule has 1 atom stereocenters.